The summed E-state index contributed by atoms with van der Waals surface area (Å²) in [6, 6.07) is 0. The molecule has 0 aromatic carbocycles. The smallest absolute Gasteiger partial charge is 0.144 e. The number of anilines is 1. The highest BCUT2D eigenvalue weighted by Gasteiger charge is 2.51. The van der Waals surface area contributed by atoms with Gasteiger partial charge in [0.25, 0.3) is 0 Å². The molecule has 0 aliphatic carbocycles. The van der Waals surface area contributed by atoms with Gasteiger partial charge in [-0.15, -0.1) is 34.5 Å². The third-order valence-corrected chi connectivity index (χ3v) is 5.60. The van der Waals surface area contributed by atoms with Gasteiger partial charge in [-0.2, -0.15) is 0 Å². The summed E-state index contributed by atoms with van der Waals surface area (Å²) in [6.45, 7) is 1.75. The molecule has 4 atom stereocenters. The fraction of sp³-hybridized carbons (Fsp3) is 0.500. The highest BCUT2D eigenvalue weighted by atomic mass is 35.5. The quantitative estimate of drug-likeness (QED) is 0.824. The van der Waals surface area contributed by atoms with E-state index in [2.05, 4.69) is 9.97 Å². The van der Waals surface area contributed by atoms with Crippen LogP contribution in [0, 0.1) is 0 Å². The average molecular weight is 334 g/mol. The monoisotopic (exact) mass is 333 g/mol. The number of aliphatic hydroxyl groups is 1. The third-order valence-electron chi connectivity index (χ3n) is 3.59. The number of nitrogen functional groups attached to an aromatic ring is 1. The van der Waals surface area contributed by atoms with Crippen molar-refractivity contribution in [2.24, 2.45) is 0 Å². The van der Waals surface area contributed by atoms with Crippen molar-refractivity contribution in [1.29, 1.82) is 0 Å². The van der Waals surface area contributed by atoms with Crippen LogP contribution in [0.2, 0.25) is 0 Å². The Morgan fingerprint density at radius 1 is 1.55 bits per heavy atom. The Balaban J connectivity index is 2.06. The van der Waals surface area contributed by atoms with Crippen molar-refractivity contribution in [3.8, 4) is 0 Å². The lowest BCUT2D eigenvalue weighted by Gasteiger charge is -2.24. The number of aromatic nitrogens is 2. The molecule has 3 N–H and O–H groups in total. The van der Waals surface area contributed by atoms with E-state index in [0.29, 0.717) is 11.3 Å². The SMILES string of the molecule is C[C@@]1(CCl)O[C@@H](c2csc3c(N)ncnc23)[C@H](Cl)[C@@H]1O. The fourth-order valence-electron chi connectivity index (χ4n) is 2.36. The first-order chi connectivity index (χ1) is 9.48. The van der Waals surface area contributed by atoms with E-state index in [4.69, 9.17) is 33.7 Å². The molecule has 108 valence electrons. The zero-order chi connectivity index (χ0) is 14.5. The maximum Gasteiger partial charge on any atom is 0.144 e. The number of rotatable bonds is 2. The Kier molecular flexibility index (Phi) is 3.54. The predicted octanol–water partition coefficient (Wildman–Crippen LogP) is 2.31. The number of alkyl halides is 2. The fourth-order valence-corrected chi connectivity index (χ4v) is 3.98. The van der Waals surface area contributed by atoms with Gasteiger partial charge >= 0.3 is 0 Å². The number of nitrogens with zero attached hydrogens (tertiary/aromatic N) is 2. The molecule has 0 amide bonds. The molecule has 1 aliphatic heterocycles. The molecule has 0 unspecified atom stereocenters. The maximum atomic E-state index is 10.2. The normalized spacial score (nSPS) is 33.9. The second kappa shape index (κ2) is 4.96. The van der Waals surface area contributed by atoms with Crippen molar-refractivity contribution in [2.45, 2.75) is 30.1 Å². The van der Waals surface area contributed by atoms with Crippen molar-refractivity contribution in [3.05, 3.63) is 17.3 Å². The van der Waals surface area contributed by atoms with E-state index in [1.807, 2.05) is 5.38 Å². The zero-order valence-electron chi connectivity index (χ0n) is 10.6. The van der Waals surface area contributed by atoms with E-state index in [1.165, 1.54) is 17.7 Å². The molecule has 1 saturated heterocycles. The van der Waals surface area contributed by atoms with Gasteiger partial charge < -0.3 is 15.6 Å². The lowest BCUT2D eigenvalue weighted by molar-refractivity contribution is -0.0540. The van der Waals surface area contributed by atoms with Gasteiger partial charge in [0.15, 0.2) is 0 Å². The number of hydrogen-bond acceptors (Lipinski definition) is 6. The molecule has 0 saturated carbocycles. The second-order valence-electron chi connectivity index (χ2n) is 5.00. The van der Waals surface area contributed by atoms with Gasteiger partial charge in [-0.25, -0.2) is 9.97 Å². The van der Waals surface area contributed by atoms with Crippen LogP contribution in [0.4, 0.5) is 5.82 Å². The molecule has 0 spiro atoms. The van der Waals surface area contributed by atoms with Gasteiger partial charge in [-0.05, 0) is 12.3 Å². The first-order valence-corrected chi connectivity index (χ1v) is 7.86. The highest BCUT2D eigenvalue weighted by molar-refractivity contribution is 7.18. The van der Waals surface area contributed by atoms with Crippen molar-refractivity contribution >= 4 is 50.6 Å². The number of thiophene rings is 1. The maximum absolute atomic E-state index is 10.2. The molecule has 3 rings (SSSR count). The first-order valence-electron chi connectivity index (χ1n) is 6.01. The van der Waals surface area contributed by atoms with Gasteiger partial charge in [0.05, 0.1) is 21.5 Å². The molecule has 2 aromatic heterocycles. The topological polar surface area (TPSA) is 81.3 Å². The predicted molar refractivity (Wildman–Crippen MR) is 80.4 cm³/mol. The van der Waals surface area contributed by atoms with E-state index < -0.39 is 23.2 Å². The van der Waals surface area contributed by atoms with Crippen molar-refractivity contribution in [2.75, 3.05) is 11.6 Å². The largest absolute Gasteiger partial charge is 0.388 e. The summed E-state index contributed by atoms with van der Waals surface area (Å²) < 4.78 is 6.70. The molecule has 0 bridgehead atoms. The van der Waals surface area contributed by atoms with E-state index in [1.54, 1.807) is 6.92 Å². The van der Waals surface area contributed by atoms with Crippen molar-refractivity contribution < 1.29 is 9.84 Å². The molecule has 0 radical (unpaired) electrons. The van der Waals surface area contributed by atoms with Crippen LogP contribution >= 0.6 is 34.5 Å². The van der Waals surface area contributed by atoms with Crippen LogP contribution in [-0.2, 0) is 4.74 Å². The van der Waals surface area contributed by atoms with Gasteiger partial charge in [0, 0.05) is 5.56 Å². The zero-order valence-corrected chi connectivity index (χ0v) is 12.9. The number of aliphatic hydroxyl groups excluding tert-OH is 1. The molecule has 5 nitrogen and oxygen atoms in total. The van der Waals surface area contributed by atoms with E-state index in [0.717, 1.165) is 10.3 Å². The number of ether oxygens (including phenoxy) is 1. The molecule has 2 aromatic rings. The minimum absolute atomic E-state index is 0.160. The number of fused-ring (bicyclic) bond motifs is 1. The molecule has 3 heterocycles. The molecular formula is C12H13Cl2N3O2S. The lowest BCUT2D eigenvalue weighted by Crippen LogP contribution is -2.40. The summed E-state index contributed by atoms with van der Waals surface area (Å²) in [4.78, 5) is 8.20. The summed E-state index contributed by atoms with van der Waals surface area (Å²) in [5.41, 5.74) is 6.48. The molecule has 1 fully saturated rings. The number of nitrogens with two attached hydrogens (primary N) is 1. The minimum atomic E-state index is -0.870. The summed E-state index contributed by atoms with van der Waals surface area (Å²) in [5.74, 6) is 0.587. The Morgan fingerprint density at radius 2 is 2.30 bits per heavy atom. The third kappa shape index (κ3) is 1.98. The number of halogens is 2. The standard InChI is InChI=1S/C12H13Cl2N3O2S/c1-12(3-13)10(18)6(14)8(19-12)5-2-20-9-7(5)16-4-17-11(9)15/h2,4,6,8,10,18H,3H2,1H3,(H2,15,16,17)/t6-,8-,10-,12-/m0/s1. The van der Waals surface area contributed by atoms with Crippen LogP contribution in [0.25, 0.3) is 10.2 Å². The van der Waals surface area contributed by atoms with E-state index in [-0.39, 0.29) is 5.88 Å². The van der Waals surface area contributed by atoms with Crippen LogP contribution in [0.3, 0.4) is 0 Å². The van der Waals surface area contributed by atoms with Crippen LogP contribution in [0.15, 0.2) is 11.7 Å². The molecular weight excluding hydrogens is 321 g/mol. The number of hydrogen-bond donors (Lipinski definition) is 2. The molecule has 8 heteroatoms. The van der Waals surface area contributed by atoms with Crippen LogP contribution in [0.1, 0.15) is 18.6 Å². The Bertz CT molecular complexity index is 653. The summed E-state index contributed by atoms with van der Waals surface area (Å²) in [5, 5.41) is 11.5. The Labute approximate surface area is 129 Å². The van der Waals surface area contributed by atoms with Gasteiger partial charge in [0.2, 0.25) is 0 Å². The lowest BCUT2D eigenvalue weighted by atomic mass is 9.99. The average Bonchev–Trinajstić information content (AvgIpc) is 2.96. The van der Waals surface area contributed by atoms with Crippen LogP contribution in [0.5, 0.6) is 0 Å². The Morgan fingerprint density at radius 3 is 2.95 bits per heavy atom. The first kappa shape index (κ1) is 14.3. The van der Waals surface area contributed by atoms with Gasteiger partial charge in [-0.3, -0.25) is 0 Å². The van der Waals surface area contributed by atoms with Gasteiger partial charge in [0.1, 0.15) is 30.0 Å². The Hall–Kier alpha value is -0.660. The summed E-state index contributed by atoms with van der Waals surface area (Å²) in [7, 11) is 0. The van der Waals surface area contributed by atoms with Gasteiger partial charge in [-0.1, -0.05) is 0 Å². The van der Waals surface area contributed by atoms with E-state index >= 15 is 0 Å². The van der Waals surface area contributed by atoms with Crippen molar-refractivity contribution in [3.63, 3.8) is 0 Å². The van der Waals surface area contributed by atoms with Crippen molar-refractivity contribution in [1.82, 2.24) is 9.97 Å². The van der Waals surface area contributed by atoms with E-state index in [9.17, 15) is 5.11 Å². The second-order valence-corrected chi connectivity index (χ2v) is 6.65. The molecule has 20 heavy (non-hydrogen) atoms. The summed E-state index contributed by atoms with van der Waals surface area (Å²) in [6.07, 6.45) is 0.0859. The van der Waals surface area contributed by atoms with Crippen LogP contribution < -0.4 is 5.73 Å². The highest BCUT2D eigenvalue weighted by Crippen LogP contribution is 2.46. The minimum Gasteiger partial charge on any atom is -0.388 e. The summed E-state index contributed by atoms with van der Waals surface area (Å²) >= 11 is 13.6. The molecule has 1 aliphatic rings. The van der Waals surface area contributed by atoms with Crippen LogP contribution in [-0.4, -0.2) is 38.0 Å².